The van der Waals surface area contributed by atoms with Gasteiger partial charge in [0.15, 0.2) is 5.96 Å². The second-order valence-corrected chi connectivity index (χ2v) is 6.24. The molecule has 8 nitrogen and oxygen atoms in total. The number of aliphatic imine (C=N–C) groups is 1. The molecule has 0 bridgehead atoms. The fourth-order valence-corrected chi connectivity index (χ4v) is 2.70. The maximum atomic E-state index is 12.0. The van der Waals surface area contributed by atoms with E-state index in [0.29, 0.717) is 11.6 Å². The van der Waals surface area contributed by atoms with Crippen LogP contribution in [0, 0.1) is 13.8 Å². The van der Waals surface area contributed by atoms with Crippen LogP contribution in [-0.2, 0) is 18.3 Å². The summed E-state index contributed by atoms with van der Waals surface area (Å²) in [6.07, 6.45) is 4.09. The molecule has 3 N–H and O–H groups in total. The Morgan fingerprint density at radius 2 is 2.15 bits per heavy atom. The first-order chi connectivity index (χ1) is 12.4. The number of hydrogen-bond donors (Lipinski definition) is 3. The number of carbonyl (C=O) groups excluding carboxylic acids is 1. The van der Waals surface area contributed by atoms with Crippen molar-refractivity contribution in [1.82, 2.24) is 25.4 Å². The molecule has 2 aromatic rings. The highest BCUT2D eigenvalue weighted by molar-refractivity contribution is 5.94. The van der Waals surface area contributed by atoms with Crippen LogP contribution >= 0.6 is 0 Å². The number of nitrogens with zero attached hydrogens (tertiary/aromatic N) is 4. The predicted molar refractivity (Wildman–Crippen MR) is 103 cm³/mol. The molecule has 0 saturated heterocycles. The zero-order chi connectivity index (χ0) is 19.1. The number of nitrogens with one attached hydrogen (secondary N) is 3. The number of rotatable bonds is 6. The minimum absolute atomic E-state index is 0.117. The van der Waals surface area contributed by atoms with Gasteiger partial charge in [-0.1, -0.05) is 0 Å². The molecule has 0 fully saturated rings. The molecule has 2 heterocycles. The first kappa shape index (κ1) is 19.4. The average molecular weight is 357 g/mol. The van der Waals surface area contributed by atoms with Gasteiger partial charge in [0.25, 0.3) is 0 Å². The molecule has 26 heavy (non-hydrogen) atoms. The number of amides is 1. The lowest BCUT2D eigenvalue weighted by Crippen LogP contribution is -2.45. The smallest absolute Gasteiger partial charge is 0.243 e. The van der Waals surface area contributed by atoms with Gasteiger partial charge in [-0.05, 0) is 44.9 Å². The quantitative estimate of drug-likeness (QED) is 0.533. The van der Waals surface area contributed by atoms with Crippen LogP contribution in [0.5, 0.6) is 0 Å². The van der Waals surface area contributed by atoms with Crippen LogP contribution in [0.2, 0.25) is 0 Å². The van der Waals surface area contributed by atoms with Crippen molar-refractivity contribution in [2.75, 3.05) is 18.9 Å². The first-order valence-corrected chi connectivity index (χ1v) is 8.56. The summed E-state index contributed by atoms with van der Waals surface area (Å²) >= 11 is 0. The Morgan fingerprint density at radius 3 is 2.73 bits per heavy atom. The van der Waals surface area contributed by atoms with Crippen LogP contribution in [0.1, 0.15) is 23.9 Å². The van der Waals surface area contributed by atoms with Gasteiger partial charge in [-0.25, -0.2) is 0 Å². The van der Waals surface area contributed by atoms with Crippen molar-refractivity contribution in [3.63, 3.8) is 0 Å². The number of aromatic nitrogens is 3. The maximum absolute atomic E-state index is 12.0. The molecule has 140 valence electrons. The number of hydrogen-bond acceptors (Lipinski definition) is 4. The van der Waals surface area contributed by atoms with Gasteiger partial charge in [0.2, 0.25) is 5.91 Å². The Labute approximate surface area is 154 Å². The van der Waals surface area contributed by atoms with E-state index in [4.69, 9.17) is 0 Å². The third-order valence-corrected chi connectivity index (χ3v) is 4.14. The highest BCUT2D eigenvalue weighted by atomic mass is 16.1. The van der Waals surface area contributed by atoms with Gasteiger partial charge in [-0.3, -0.25) is 19.5 Å². The van der Waals surface area contributed by atoms with Gasteiger partial charge >= 0.3 is 0 Å². The fourth-order valence-electron chi connectivity index (χ4n) is 2.70. The van der Waals surface area contributed by atoms with Gasteiger partial charge in [0, 0.05) is 32.0 Å². The van der Waals surface area contributed by atoms with E-state index in [0.717, 1.165) is 17.8 Å². The van der Waals surface area contributed by atoms with Crippen molar-refractivity contribution in [2.45, 2.75) is 33.2 Å². The van der Waals surface area contributed by atoms with Crippen molar-refractivity contribution in [3.8, 4) is 0 Å². The molecule has 0 radical (unpaired) electrons. The van der Waals surface area contributed by atoms with Crippen molar-refractivity contribution in [2.24, 2.45) is 12.0 Å². The zero-order valence-electron chi connectivity index (χ0n) is 16.0. The maximum Gasteiger partial charge on any atom is 0.243 e. The Hall–Kier alpha value is -2.90. The number of anilines is 1. The molecule has 2 aromatic heterocycles. The van der Waals surface area contributed by atoms with Gasteiger partial charge in [-0.2, -0.15) is 5.10 Å². The van der Waals surface area contributed by atoms with Crippen LogP contribution in [0.25, 0.3) is 0 Å². The highest BCUT2D eigenvalue weighted by Gasteiger charge is 2.14. The van der Waals surface area contributed by atoms with Gasteiger partial charge in [-0.15, -0.1) is 0 Å². The number of pyridine rings is 1. The molecule has 0 aliphatic carbocycles. The summed E-state index contributed by atoms with van der Waals surface area (Å²) in [4.78, 5) is 20.2. The van der Waals surface area contributed by atoms with E-state index in [2.05, 4.69) is 44.9 Å². The van der Waals surface area contributed by atoms with Crippen LogP contribution in [0.3, 0.4) is 0 Å². The zero-order valence-corrected chi connectivity index (χ0v) is 16.0. The molecule has 0 saturated carbocycles. The minimum atomic E-state index is -0.160. The second-order valence-electron chi connectivity index (χ2n) is 6.24. The second kappa shape index (κ2) is 8.98. The lowest BCUT2D eigenvalue weighted by molar-refractivity contribution is -0.115. The SMILES string of the molecule is CN=C(NCC(=O)Nc1cccnc1)NC(C)Cc1c(C)nn(C)c1C. The van der Waals surface area contributed by atoms with E-state index in [-0.39, 0.29) is 18.5 Å². The minimum Gasteiger partial charge on any atom is -0.354 e. The van der Waals surface area contributed by atoms with Crippen molar-refractivity contribution in [1.29, 1.82) is 0 Å². The Balaban J connectivity index is 1.84. The molecule has 1 amide bonds. The highest BCUT2D eigenvalue weighted by Crippen LogP contribution is 2.14. The summed E-state index contributed by atoms with van der Waals surface area (Å²) in [6.45, 7) is 6.28. The average Bonchev–Trinajstić information content (AvgIpc) is 2.85. The predicted octanol–water partition coefficient (Wildman–Crippen LogP) is 1.17. The summed E-state index contributed by atoms with van der Waals surface area (Å²) in [5.74, 6) is 0.422. The molecule has 0 spiro atoms. The summed E-state index contributed by atoms with van der Waals surface area (Å²) < 4.78 is 1.90. The molecule has 0 aliphatic rings. The van der Waals surface area contributed by atoms with E-state index >= 15 is 0 Å². The van der Waals surface area contributed by atoms with Crippen LogP contribution < -0.4 is 16.0 Å². The monoisotopic (exact) mass is 357 g/mol. The number of aryl methyl sites for hydroxylation is 2. The summed E-state index contributed by atoms with van der Waals surface area (Å²) in [5, 5.41) is 13.6. The van der Waals surface area contributed by atoms with Crippen LogP contribution in [0.4, 0.5) is 5.69 Å². The topological polar surface area (TPSA) is 96.2 Å². The Morgan fingerprint density at radius 1 is 1.38 bits per heavy atom. The molecule has 1 unspecified atom stereocenters. The van der Waals surface area contributed by atoms with Crippen LogP contribution in [0.15, 0.2) is 29.5 Å². The van der Waals surface area contributed by atoms with Gasteiger partial charge < -0.3 is 16.0 Å². The first-order valence-electron chi connectivity index (χ1n) is 8.56. The third kappa shape index (κ3) is 5.30. The Kier molecular flexibility index (Phi) is 6.71. The van der Waals surface area contributed by atoms with E-state index in [1.165, 1.54) is 5.56 Å². The molecular formula is C18H27N7O. The number of guanidine groups is 1. The van der Waals surface area contributed by atoms with Gasteiger partial charge in [0.05, 0.1) is 24.1 Å². The lowest BCUT2D eigenvalue weighted by atomic mass is 10.1. The molecule has 0 aliphatic heterocycles. The van der Waals surface area contributed by atoms with E-state index in [1.807, 2.05) is 18.7 Å². The molecule has 0 aromatic carbocycles. The van der Waals surface area contributed by atoms with E-state index in [1.54, 1.807) is 31.6 Å². The van der Waals surface area contributed by atoms with Crippen molar-refractivity contribution >= 4 is 17.6 Å². The number of carbonyl (C=O) groups is 1. The third-order valence-electron chi connectivity index (χ3n) is 4.14. The molecule has 8 heteroatoms. The Bertz CT molecular complexity index is 767. The lowest BCUT2D eigenvalue weighted by Gasteiger charge is -2.18. The molecule has 1 atom stereocenters. The summed E-state index contributed by atoms with van der Waals surface area (Å²) in [5.41, 5.74) is 4.10. The fraction of sp³-hybridized carbons (Fsp3) is 0.444. The summed E-state index contributed by atoms with van der Waals surface area (Å²) in [6, 6.07) is 3.70. The van der Waals surface area contributed by atoms with E-state index < -0.39 is 0 Å². The van der Waals surface area contributed by atoms with Gasteiger partial charge in [0.1, 0.15) is 0 Å². The van der Waals surface area contributed by atoms with E-state index in [9.17, 15) is 4.79 Å². The van der Waals surface area contributed by atoms with Crippen molar-refractivity contribution in [3.05, 3.63) is 41.5 Å². The van der Waals surface area contributed by atoms with Crippen LogP contribution in [-0.4, -0.2) is 46.3 Å². The standard InChI is InChI=1S/C18H27N7O/c1-12(9-16-13(2)24-25(5)14(16)3)22-18(19-4)21-11-17(26)23-15-7-6-8-20-10-15/h6-8,10,12H,9,11H2,1-5H3,(H,23,26)(H2,19,21,22). The molecule has 2 rings (SSSR count). The normalized spacial score (nSPS) is 12.6. The molecular weight excluding hydrogens is 330 g/mol. The largest absolute Gasteiger partial charge is 0.354 e. The van der Waals surface area contributed by atoms with Crippen molar-refractivity contribution < 1.29 is 4.79 Å². The summed E-state index contributed by atoms with van der Waals surface area (Å²) in [7, 11) is 3.63.